The van der Waals surface area contributed by atoms with E-state index in [9.17, 15) is 18.0 Å². The zero-order valence-corrected chi connectivity index (χ0v) is 22.2. The van der Waals surface area contributed by atoms with E-state index in [1.165, 1.54) is 19.1 Å². The summed E-state index contributed by atoms with van der Waals surface area (Å²) in [6, 6.07) is 18.6. The Labute approximate surface area is 238 Å². The molecule has 0 atom stereocenters. The van der Waals surface area contributed by atoms with Crippen molar-refractivity contribution in [2.75, 3.05) is 13.1 Å². The average molecular weight is 525 g/mol. The molecule has 1 amide bonds. The summed E-state index contributed by atoms with van der Waals surface area (Å²) in [4.78, 5) is 26.9. The molecule has 0 aliphatic carbocycles. The maximum absolute atomic E-state index is 13.8. The summed E-state index contributed by atoms with van der Waals surface area (Å²) in [5.74, 6) is -2.80. The van der Waals surface area contributed by atoms with E-state index in [1.54, 1.807) is 30.6 Å². The van der Waals surface area contributed by atoms with Crippen molar-refractivity contribution >= 4 is 28.8 Å². The Morgan fingerprint density at radius 2 is 1.95 bits per heavy atom. The van der Waals surface area contributed by atoms with Gasteiger partial charge in [-0.25, -0.2) is 20.5 Å². The number of likely N-dealkylation sites (tertiary alicyclic amines) is 1. The Morgan fingerprint density at radius 3 is 2.62 bits per heavy atom. The van der Waals surface area contributed by atoms with E-state index < -0.39 is 5.92 Å². The summed E-state index contributed by atoms with van der Waals surface area (Å²) in [5, 5.41) is 0. The number of alkyl halides is 2. The van der Waals surface area contributed by atoms with Gasteiger partial charge in [-0.1, -0.05) is 24.1 Å². The van der Waals surface area contributed by atoms with E-state index in [0.29, 0.717) is 41.9 Å². The fourth-order valence-corrected chi connectivity index (χ4v) is 4.31. The molecule has 3 heterocycles. The number of carbonyl (C=O) groups is 1. The van der Waals surface area contributed by atoms with Crippen molar-refractivity contribution in [1.29, 1.82) is 0 Å². The SMILES string of the molecule is CC(F)(F)c1cccc(-c2c[nH]c3cc(C(=O)N4CCC([C-]=Nc5[c-]cccc5)CC4)cnc23)c1.C[CH-]F.[Li+]. The minimum atomic E-state index is -2.92. The number of fused-ring (bicyclic) bond motifs is 1. The largest absolute Gasteiger partial charge is 1.00 e. The van der Waals surface area contributed by atoms with Crippen LogP contribution in [0.15, 0.2) is 72.0 Å². The van der Waals surface area contributed by atoms with Crippen molar-refractivity contribution in [2.24, 2.45) is 10.9 Å². The number of rotatable bonds is 5. The third-order valence-corrected chi connectivity index (χ3v) is 6.28. The quantitative estimate of drug-likeness (QED) is 0.239. The first-order valence-corrected chi connectivity index (χ1v) is 12.4. The summed E-state index contributed by atoms with van der Waals surface area (Å²) < 4.78 is 37.7. The fraction of sp³-hybridized carbons (Fsp3) is 0.267. The number of pyridine rings is 1. The Balaban J connectivity index is 0.00000101. The Kier molecular flexibility index (Phi) is 10.6. The number of hydrogen-bond acceptors (Lipinski definition) is 3. The minimum Gasteiger partial charge on any atom is -0.481 e. The number of aliphatic imine (C=N–C) groups is 1. The topological polar surface area (TPSA) is 61.4 Å². The molecule has 1 N–H and O–H groups in total. The molecule has 9 heteroatoms. The number of piperidine rings is 1. The van der Waals surface area contributed by atoms with Gasteiger partial charge in [-0.2, -0.15) is 38.0 Å². The van der Waals surface area contributed by atoms with Crippen LogP contribution in [-0.2, 0) is 5.92 Å². The van der Waals surface area contributed by atoms with E-state index >= 15 is 0 Å². The summed E-state index contributed by atoms with van der Waals surface area (Å²) in [7, 11) is 0. The summed E-state index contributed by atoms with van der Waals surface area (Å²) in [6.07, 6.45) is 8.07. The number of aromatic amines is 1. The number of carbonyl (C=O) groups excluding carboxylic acids is 1. The van der Waals surface area contributed by atoms with Gasteiger partial charge in [-0.05, 0) is 30.5 Å². The zero-order valence-electron chi connectivity index (χ0n) is 22.2. The summed E-state index contributed by atoms with van der Waals surface area (Å²) >= 11 is 0. The molecule has 1 aliphatic rings. The molecule has 39 heavy (non-hydrogen) atoms. The van der Waals surface area contributed by atoms with Crippen molar-refractivity contribution in [3.63, 3.8) is 0 Å². The minimum absolute atomic E-state index is 0. The molecule has 0 spiro atoms. The van der Waals surface area contributed by atoms with Crippen LogP contribution in [0.5, 0.6) is 0 Å². The summed E-state index contributed by atoms with van der Waals surface area (Å²) in [5.41, 5.74) is 3.89. The number of nitrogens with zero attached hydrogens (tertiary/aromatic N) is 3. The van der Waals surface area contributed by atoms with E-state index in [1.807, 2.05) is 29.2 Å². The van der Waals surface area contributed by atoms with Gasteiger partial charge < -0.3 is 19.3 Å². The van der Waals surface area contributed by atoms with Gasteiger partial charge >= 0.3 is 18.9 Å². The number of halogens is 3. The van der Waals surface area contributed by atoms with Crippen LogP contribution >= 0.6 is 0 Å². The second-order valence-corrected chi connectivity index (χ2v) is 9.07. The first-order valence-electron chi connectivity index (χ1n) is 12.4. The molecule has 0 bridgehead atoms. The molecule has 5 nitrogen and oxygen atoms in total. The van der Waals surface area contributed by atoms with Gasteiger partial charge in [-0.3, -0.25) is 15.8 Å². The van der Waals surface area contributed by atoms with Crippen molar-refractivity contribution < 1.29 is 36.8 Å². The molecule has 2 aromatic carbocycles. The molecule has 0 radical (unpaired) electrons. The molecule has 4 aromatic rings. The van der Waals surface area contributed by atoms with E-state index in [-0.39, 0.29) is 36.2 Å². The Morgan fingerprint density at radius 1 is 1.21 bits per heavy atom. The van der Waals surface area contributed by atoms with Gasteiger partial charge in [0.1, 0.15) is 0 Å². The predicted octanol–water partition coefficient (Wildman–Crippen LogP) is 4.42. The first-order chi connectivity index (χ1) is 18.3. The zero-order chi connectivity index (χ0) is 27.1. The number of benzene rings is 2. The van der Waals surface area contributed by atoms with E-state index in [4.69, 9.17) is 0 Å². The number of amides is 1. The Bertz CT molecular complexity index is 1390. The van der Waals surface area contributed by atoms with Crippen molar-refractivity contribution in [1.82, 2.24) is 14.9 Å². The predicted molar refractivity (Wildman–Crippen MR) is 143 cm³/mol. The van der Waals surface area contributed by atoms with E-state index in [0.717, 1.165) is 31.0 Å². The molecule has 5 rings (SSSR count). The van der Waals surface area contributed by atoms with Crippen LogP contribution in [0, 0.1) is 18.7 Å². The van der Waals surface area contributed by atoms with Gasteiger partial charge in [0.2, 0.25) is 0 Å². The number of nitrogens with one attached hydrogen (secondary N) is 1. The summed E-state index contributed by atoms with van der Waals surface area (Å²) in [6.45, 7) is 3.96. The van der Waals surface area contributed by atoms with Gasteiger partial charge in [-0.15, -0.1) is 0 Å². The second-order valence-electron chi connectivity index (χ2n) is 9.07. The smallest absolute Gasteiger partial charge is 0.481 e. The maximum atomic E-state index is 13.8. The Hall–Kier alpha value is -3.34. The molecule has 2 aromatic heterocycles. The maximum Gasteiger partial charge on any atom is 1.00 e. The molecular formula is C30H28F3LiN4O-2. The number of aromatic nitrogens is 2. The fourth-order valence-electron chi connectivity index (χ4n) is 4.31. The van der Waals surface area contributed by atoms with Gasteiger partial charge in [0.05, 0.1) is 16.6 Å². The molecular weight excluding hydrogens is 496 g/mol. The van der Waals surface area contributed by atoms with Gasteiger partial charge in [0.25, 0.3) is 11.8 Å². The van der Waals surface area contributed by atoms with Crippen LogP contribution < -0.4 is 18.9 Å². The van der Waals surface area contributed by atoms with Crippen LogP contribution in [0.4, 0.5) is 18.9 Å². The average Bonchev–Trinajstić information content (AvgIpc) is 3.36. The second kappa shape index (κ2) is 13.6. The van der Waals surface area contributed by atoms with Crippen LogP contribution in [0.1, 0.15) is 42.6 Å². The molecule has 0 saturated carbocycles. The van der Waals surface area contributed by atoms with Crippen LogP contribution in [0.2, 0.25) is 0 Å². The third kappa shape index (κ3) is 7.62. The van der Waals surface area contributed by atoms with Crippen LogP contribution in [-0.4, -0.2) is 40.1 Å². The number of H-pyrrole nitrogens is 1. The first kappa shape index (κ1) is 30.2. The molecule has 0 unspecified atom stereocenters. The molecule has 1 fully saturated rings. The number of para-hydroxylation sites is 1. The molecule has 1 aliphatic heterocycles. The van der Waals surface area contributed by atoms with Gasteiger partial charge in [0.15, 0.2) is 0 Å². The van der Waals surface area contributed by atoms with Crippen molar-refractivity contribution in [3.8, 4) is 11.1 Å². The third-order valence-electron chi connectivity index (χ3n) is 6.28. The molecule has 198 valence electrons. The normalized spacial score (nSPS) is 14.1. The van der Waals surface area contributed by atoms with E-state index in [2.05, 4.69) is 27.2 Å². The molecule has 1 saturated heterocycles. The van der Waals surface area contributed by atoms with Crippen LogP contribution in [0.3, 0.4) is 0 Å². The standard InChI is InChI=1S/C28H24F2N4O.C2H4F.Li/c1-28(29,30)22-7-5-6-20(14-22)24-18-32-25-15-21(17-33-26(24)25)27(35)34-12-10-19(11-13-34)16-31-23-8-3-2-4-9-23;1-2-3;/h2-8,14-15,17-19,32H,10-13H2,1H3;2H,1H3;/q-2;-1;+1. The monoisotopic (exact) mass is 524 g/mol. The van der Waals surface area contributed by atoms with Crippen molar-refractivity contribution in [3.05, 3.63) is 90.9 Å². The van der Waals surface area contributed by atoms with Crippen LogP contribution in [0.25, 0.3) is 22.2 Å². The van der Waals surface area contributed by atoms with Crippen molar-refractivity contribution in [2.45, 2.75) is 32.6 Å². The van der Waals surface area contributed by atoms with Gasteiger partial charge in [0, 0.05) is 43.5 Å². The number of hydrogen-bond donors (Lipinski definition) is 1.